The van der Waals surface area contributed by atoms with Crippen LogP contribution in [0.4, 0.5) is 4.79 Å². The summed E-state index contributed by atoms with van der Waals surface area (Å²) >= 11 is 0. The minimum atomic E-state index is -0.981. The van der Waals surface area contributed by atoms with Crippen LogP contribution < -0.4 is 10.6 Å². The number of rotatable bonds is 12. The first-order chi connectivity index (χ1) is 16.7. The van der Waals surface area contributed by atoms with Gasteiger partial charge in [-0.2, -0.15) is 0 Å². The first-order valence-electron chi connectivity index (χ1n) is 11.9. The van der Waals surface area contributed by atoms with Gasteiger partial charge < -0.3 is 25.2 Å². The lowest BCUT2D eigenvalue weighted by atomic mass is 9.89. The lowest BCUT2D eigenvalue weighted by Crippen LogP contribution is -2.40. The first-order valence-corrected chi connectivity index (χ1v) is 11.9. The Labute approximate surface area is 206 Å². The van der Waals surface area contributed by atoms with Crippen LogP contribution in [0.5, 0.6) is 0 Å². The standard InChI is InChI=1S/C27H34N2O6/c1-4-34-18(13-25(31)32)15-28-24(30)14-27(2,3)17-29-26(33)35-16-23-21-11-7-5-9-19(21)20-10-6-8-12-22(20)23/h5-12,18,23H,4,13-17H2,1-3H3,(H,28,30)(H,29,33)(H,31,32). The molecule has 188 valence electrons. The molecule has 0 saturated heterocycles. The highest BCUT2D eigenvalue weighted by Crippen LogP contribution is 2.44. The molecule has 0 aromatic heterocycles. The summed E-state index contributed by atoms with van der Waals surface area (Å²) in [7, 11) is 0. The predicted octanol–water partition coefficient (Wildman–Crippen LogP) is 3.94. The Balaban J connectivity index is 1.46. The van der Waals surface area contributed by atoms with Crippen LogP contribution >= 0.6 is 0 Å². The second kappa shape index (κ2) is 11.8. The second-order valence-electron chi connectivity index (χ2n) is 9.50. The van der Waals surface area contributed by atoms with Gasteiger partial charge in [-0.05, 0) is 34.6 Å². The topological polar surface area (TPSA) is 114 Å². The van der Waals surface area contributed by atoms with Crippen LogP contribution in [0.3, 0.4) is 0 Å². The molecule has 0 radical (unpaired) electrons. The maximum atomic E-state index is 12.4. The SMILES string of the molecule is CCOC(CNC(=O)CC(C)(C)CNC(=O)OCC1c2ccccc2-c2ccccc21)CC(=O)O. The van der Waals surface area contributed by atoms with E-state index < -0.39 is 23.6 Å². The number of nitrogens with one attached hydrogen (secondary N) is 2. The van der Waals surface area contributed by atoms with Crippen molar-refractivity contribution in [1.29, 1.82) is 0 Å². The molecule has 0 bridgehead atoms. The Morgan fingerprint density at radius 3 is 2.17 bits per heavy atom. The molecule has 1 aliphatic carbocycles. The molecule has 1 aliphatic rings. The van der Waals surface area contributed by atoms with Gasteiger partial charge in [0.25, 0.3) is 0 Å². The van der Waals surface area contributed by atoms with Crippen LogP contribution in [-0.2, 0) is 19.1 Å². The van der Waals surface area contributed by atoms with Crippen LogP contribution in [0.25, 0.3) is 11.1 Å². The van der Waals surface area contributed by atoms with E-state index in [9.17, 15) is 14.4 Å². The Hall–Kier alpha value is -3.39. The number of aliphatic carboxylic acids is 1. The molecule has 8 heteroatoms. The van der Waals surface area contributed by atoms with E-state index in [2.05, 4.69) is 34.9 Å². The molecule has 2 aromatic carbocycles. The van der Waals surface area contributed by atoms with E-state index in [0.29, 0.717) is 6.61 Å². The van der Waals surface area contributed by atoms with Crippen LogP contribution in [-0.4, -0.2) is 55.5 Å². The molecule has 1 atom stereocenters. The third-order valence-corrected chi connectivity index (χ3v) is 6.03. The van der Waals surface area contributed by atoms with Crippen LogP contribution in [0, 0.1) is 5.41 Å². The molecule has 3 rings (SSSR count). The van der Waals surface area contributed by atoms with Crippen molar-refractivity contribution in [3.05, 3.63) is 59.7 Å². The fourth-order valence-electron chi connectivity index (χ4n) is 4.37. The number of carboxylic acids is 1. The smallest absolute Gasteiger partial charge is 0.407 e. The summed E-state index contributed by atoms with van der Waals surface area (Å²) in [6.07, 6.45) is -1.13. The molecule has 0 heterocycles. The van der Waals surface area contributed by atoms with E-state index in [0.717, 1.165) is 11.1 Å². The second-order valence-corrected chi connectivity index (χ2v) is 9.50. The van der Waals surface area contributed by atoms with Gasteiger partial charge in [-0.15, -0.1) is 0 Å². The highest BCUT2D eigenvalue weighted by molar-refractivity contribution is 5.79. The molecule has 3 N–H and O–H groups in total. The highest BCUT2D eigenvalue weighted by Gasteiger charge is 2.29. The maximum absolute atomic E-state index is 12.4. The molecule has 0 saturated carbocycles. The summed E-state index contributed by atoms with van der Waals surface area (Å²) in [5.74, 6) is -1.24. The van der Waals surface area contributed by atoms with Gasteiger partial charge in [-0.1, -0.05) is 62.4 Å². The zero-order valence-corrected chi connectivity index (χ0v) is 20.5. The summed E-state index contributed by atoms with van der Waals surface area (Å²) in [6, 6.07) is 16.3. The highest BCUT2D eigenvalue weighted by atomic mass is 16.5. The fourth-order valence-corrected chi connectivity index (χ4v) is 4.37. The first kappa shape index (κ1) is 26.2. The average Bonchev–Trinajstić information content (AvgIpc) is 3.13. The molecule has 1 unspecified atom stereocenters. The number of fused-ring (bicyclic) bond motifs is 3. The molecule has 2 aromatic rings. The van der Waals surface area contributed by atoms with Crippen molar-refractivity contribution in [1.82, 2.24) is 10.6 Å². The van der Waals surface area contributed by atoms with Crippen molar-refractivity contribution >= 4 is 18.0 Å². The number of carbonyl (C=O) groups is 3. The maximum Gasteiger partial charge on any atom is 0.407 e. The van der Waals surface area contributed by atoms with Gasteiger partial charge in [0.1, 0.15) is 6.61 Å². The molecule has 35 heavy (non-hydrogen) atoms. The molecule has 8 nitrogen and oxygen atoms in total. The zero-order chi connectivity index (χ0) is 25.4. The van der Waals surface area contributed by atoms with Gasteiger partial charge in [0.15, 0.2) is 0 Å². The summed E-state index contributed by atoms with van der Waals surface area (Å²) in [5, 5.41) is 14.4. The van der Waals surface area contributed by atoms with E-state index in [1.165, 1.54) is 11.1 Å². The van der Waals surface area contributed by atoms with Gasteiger partial charge in [0.2, 0.25) is 5.91 Å². The van der Waals surface area contributed by atoms with Crippen LogP contribution in [0.15, 0.2) is 48.5 Å². The third-order valence-electron chi connectivity index (χ3n) is 6.03. The average molecular weight is 483 g/mol. The molecule has 0 aliphatic heterocycles. The van der Waals surface area contributed by atoms with E-state index in [-0.39, 0.29) is 44.4 Å². The number of hydrogen-bond acceptors (Lipinski definition) is 5. The molecule has 2 amide bonds. The number of amides is 2. The summed E-state index contributed by atoms with van der Waals surface area (Å²) in [4.78, 5) is 35.7. The Kier molecular flexibility index (Phi) is 8.87. The minimum absolute atomic E-state index is 0.0176. The van der Waals surface area contributed by atoms with Gasteiger partial charge >= 0.3 is 12.1 Å². The van der Waals surface area contributed by atoms with E-state index in [1.807, 2.05) is 38.1 Å². The number of carbonyl (C=O) groups excluding carboxylic acids is 2. The lowest BCUT2D eigenvalue weighted by molar-refractivity contribution is -0.140. The van der Waals surface area contributed by atoms with Crippen molar-refractivity contribution in [3.8, 4) is 11.1 Å². The summed E-state index contributed by atoms with van der Waals surface area (Å²) in [6.45, 7) is 6.47. The lowest BCUT2D eigenvalue weighted by Gasteiger charge is -2.25. The monoisotopic (exact) mass is 482 g/mol. The van der Waals surface area contributed by atoms with Crippen LogP contribution in [0.1, 0.15) is 50.7 Å². The normalized spacial score (nSPS) is 13.5. The number of alkyl carbamates (subject to hydrolysis) is 1. The van der Waals surface area contributed by atoms with Crippen molar-refractivity contribution in [2.75, 3.05) is 26.3 Å². The Bertz CT molecular complexity index is 1010. The zero-order valence-electron chi connectivity index (χ0n) is 20.5. The van der Waals surface area contributed by atoms with Gasteiger partial charge in [-0.3, -0.25) is 9.59 Å². The van der Waals surface area contributed by atoms with Gasteiger partial charge in [0, 0.05) is 32.0 Å². The van der Waals surface area contributed by atoms with Crippen molar-refractivity contribution in [3.63, 3.8) is 0 Å². The molecular weight excluding hydrogens is 448 g/mol. The molecule has 0 spiro atoms. The third kappa shape index (κ3) is 7.29. The molecule has 0 fully saturated rings. The Morgan fingerprint density at radius 2 is 1.60 bits per heavy atom. The van der Waals surface area contributed by atoms with Gasteiger partial charge in [-0.25, -0.2) is 4.79 Å². The quantitative estimate of drug-likeness (QED) is 0.422. The van der Waals surface area contributed by atoms with Crippen molar-refractivity contribution < 1.29 is 29.0 Å². The number of benzene rings is 2. The largest absolute Gasteiger partial charge is 0.481 e. The number of ether oxygens (including phenoxy) is 2. The predicted molar refractivity (Wildman–Crippen MR) is 132 cm³/mol. The van der Waals surface area contributed by atoms with Crippen LogP contribution in [0.2, 0.25) is 0 Å². The van der Waals surface area contributed by atoms with Gasteiger partial charge in [0.05, 0.1) is 12.5 Å². The summed E-state index contributed by atoms with van der Waals surface area (Å²) in [5.41, 5.74) is 4.10. The summed E-state index contributed by atoms with van der Waals surface area (Å²) < 4.78 is 10.9. The Morgan fingerprint density at radius 1 is 1.00 bits per heavy atom. The van der Waals surface area contributed by atoms with E-state index in [4.69, 9.17) is 14.6 Å². The fraction of sp³-hybridized carbons (Fsp3) is 0.444. The molecular formula is C27H34N2O6. The number of carboxylic acid groups (broad SMARTS) is 1. The number of hydrogen-bond donors (Lipinski definition) is 3. The van der Waals surface area contributed by atoms with Crippen molar-refractivity contribution in [2.24, 2.45) is 5.41 Å². The minimum Gasteiger partial charge on any atom is -0.481 e. The van der Waals surface area contributed by atoms with E-state index in [1.54, 1.807) is 6.92 Å². The van der Waals surface area contributed by atoms with E-state index >= 15 is 0 Å². The van der Waals surface area contributed by atoms with Crippen molar-refractivity contribution in [2.45, 2.75) is 45.6 Å².